The first-order valence-corrected chi connectivity index (χ1v) is 7.89. The van der Waals surface area contributed by atoms with Crippen molar-refractivity contribution in [2.45, 2.75) is 19.4 Å². The highest BCUT2D eigenvalue weighted by molar-refractivity contribution is 14.0. The molecule has 1 unspecified atom stereocenters. The third-order valence-electron chi connectivity index (χ3n) is 3.94. The molecule has 2 rings (SSSR count). The number of aryl methyl sites for hydroxylation is 1. The third-order valence-corrected chi connectivity index (χ3v) is 3.94. The largest absolute Gasteiger partial charge is 0.396 e. The van der Waals surface area contributed by atoms with Crippen LogP contribution in [0.3, 0.4) is 0 Å². The van der Waals surface area contributed by atoms with Gasteiger partial charge in [-0.15, -0.1) is 24.0 Å². The van der Waals surface area contributed by atoms with Crippen LogP contribution in [-0.2, 0) is 6.54 Å². The fraction of sp³-hybridized carbons (Fsp3) is 0.316. The predicted molar refractivity (Wildman–Crippen MR) is 111 cm³/mol. The number of hydrogen-bond donors (Lipinski definition) is 3. The monoisotopic (exact) mass is 439 g/mol. The zero-order valence-corrected chi connectivity index (χ0v) is 16.5. The van der Waals surface area contributed by atoms with Gasteiger partial charge in [-0.05, 0) is 23.6 Å². The second kappa shape index (κ2) is 11.0. The van der Waals surface area contributed by atoms with Crippen LogP contribution in [0.1, 0.15) is 22.6 Å². The molecule has 0 saturated heterocycles. The standard InChI is InChI=1S/C19H25N3O.HI/c1-15-8-6-7-11-17(15)12-21-19(20-2)22-13-18(14-23)16-9-4-3-5-10-16;/h3-11,18,23H,12-14H2,1-2H3,(H2,20,21,22);1H. The number of benzene rings is 2. The van der Waals surface area contributed by atoms with Crippen LogP contribution in [0.25, 0.3) is 0 Å². The first-order valence-electron chi connectivity index (χ1n) is 7.89. The molecule has 3 N–H and O–H groups in total. The van der Waals surface area contributed by atoms with E-state index in [2.05, 4.69) is 34.7 Å². The van der Waals surface area contributed by atoms with Gasteiger partial charge in [0.25, 0.3) is 0 Å². The molecule has 0 saturated carbocycles. The van der Waals surface area contributed by atoms with Gasteiger partial charge in [0.2, 0.25) is 0 Å². The van der Waals surface area contributed by atoms with Gasteiger partial charge >= 0.3 is 0 Å². The molecule has 2 aromatic carbocycles. The summed E-state index contributed by atoms with van der Waals surface area (Å²) in [6.07, 6.45) is 0. The summed E-state index contributed by atoms with van der Waals surface area (Å²) in [6.45, 7) is 3.56. The zero-order valence-electron chi connectivity index (χ0n) is 14.2. The van der Waals surface area contributed by atoms with E-state index in [1.165, 1.54) is 11.1 Å². The maximum atomic E-state index is 9.61. The van der Waals surface area contributed by atoms with E-state index in [4.69, 9.17) is 0 Å². The van der Waals surface area contributed by atoms with Gasteiger partial charge in [0, 0.05) is 26.1 Å². The van der Waals surface area contributed by atoms with Crippen molar-refractivity contribution in [3.63, 3.8) is 0 Å². The number of hydrogen-bond acceptors (Lipinski definition) is 2. The van der Waals surface area contributed by atoms with Gasteiger partial charge in [0.1, 0.15) is 0 Å². The van der Waals surface area contributed by atoms with E-state index in [0.717, 1.165) is 18.1 Å². The van der Waals surface area contributed by atoms with Crippen LogP contribution in [0.4, 0.5) is 0 Å². The fourth-order valence-corrected chi connectivity index (χ4v) is 2.44. The number of guanidine groups is 1. The molecule has 0 bridgehead atoms. The van der Waals surface area contributed by atoms with Crippen LogP contribution in [0, 0.1) is 6.92 Å². The molecular weight excluding hydrogens is 413 g/mol. The zero-order chi connectivity index (χ0) is 16.5. The lowest BCUT2D eigenvalue weighted by molar-refractivity contribution is 0.265. The molecule has 1 atom stereocenters. The van der Waals surface area contributed by atoms with Gasteiger partial charge in [-0.1, -0.05) is 54.6 Å². The smallest absolute Gasteiger partial charge is 0.191 e. The summed E-state index contributed by atoms with van der Waals surface area (Å²) in [4.78, 5) is 4.25. The molecule has 0 aromatic heterocycles. The lowest BCUT2D eigenvalue weighted by Crippen LogP contribution is -2.39. The van der Waals surface area contributed by atoms with Crippen molar-refractivity contribution in [1.29, 1.82) is 0 Å². The minimum absolute atomic E-state index is 0. The molecule has 0 amide bonds. The Morgan fingerprint density at radius 1 is 1.04 bits per heavy atom. The summed E-state index contributed by atoms with van der Waals surface area (Å²) in [5, 5.41) is 16.2. The van der Waals surface area contributed by atoms with Crippen LogP contribution in [-0.4, -0.2) is 31.3 Å². The quantitative estimate of drug-likeness (QED) is 0.369. The van der Waals surface area contributed by atoms with E-state index in [9.17, 15) is 5.11 Å². The number of aliphatic hydroxyl groups is 1. The molecule has 2 aromatic rings. The summed E-state index contributed by atoms with van der Waals surface area (Å²) in [5.41, 5.74) is 3.63. The number of aliphatic imine (C=N–C) groups is 1. The second-order valence-electron chi connectivity index (χ2n) is 5.52. The Morgan fingerprint density at radius 3 is 2.33 bits per heavy atom. The van der Waals surface area contributed by atoms with E-state index < -0.39 is 0 Å². The molecule has 0 heterocycles. The molecule has 130 valence electrons. The minimum atomic E-state index is 0. The predicted octanol–water partition coefficient (Wildman–Crippen LogP) is 3.05. The van der Waals surface area contributed by atoms with Crippen molar-refractivity contribution >= 4 is 29.9 Å². The molecule has 4 nitrogen and oxygen atoms in total. The van der Waals surface area contributed by atoms with E-state index in [-0.39, 0.29) is 36.5 Å². The first kappa shape index (κ1) is 20.4. The van der Waals surface area contributed by atoms with Crippen molar-refractivity contribution in [2.75, 3.05) is 20.2 Å². The summed E-state index contributed by atoms with van der Waals surface area (Å²) in [6, 6.07) is 18.3. The summed E-state index contributed by atoms with van der Waals surface area (Å²) in [5.74, 6) is 0.788. The third kappa shape index (κ3) is 6.13. The highest BCUT2D eigenvalue weighted by Gasteiger charge is 2.10. The van der Waals surface area contributed by atoms with Crippen LogP contribution >= 0.6 is 24.0 Å². The van der Waals surface area contributed by atoms with E-state index in [1.54, 1.807) is 7.05 Å². The van der Waals surface area contributed by atoms with Crippen molar-refractivity contribution in [2.24, 2.45) is 4.99 Å². The van der Waals surface area contributed by atoms with Crippen molar-refractivity contribution in [3.8, 4) is 0 Å². The molecule has 24 heavy (non-hydrogen) atoms. The molecule has 0 spiro atoms. The van der Waals surface area contributed by atoms with Gasteiger partial charge in [-0.25, -0.2) is 0 Å². The van der Waals surface area contributed by atoms with Gasteiger partial charge < -0.3 is 15.7 Å². The maximum absolute atomic E-state index is 9.61. The molecule has 0 aliphatic rings. The molecule has 0 aliphatic heterocycles. The molecule has 5 heteroatoms. The van der Waals surface area contributed by atoms with Gasteiger partial charge in [0.15, 0.2) is 5.96 Å². The van der Waals surface area contributed by atoms with Crippen LogP contribution < -0.4 is 10.6 Å². The van der Waals surface area contributed by atoms with E-state index >= 15 is 0 Å². The highest BCUT2D eigenvalue weighted by atomic mass is 127. The van der Waals surface area contributed by atoms with Gasteiger partial charge in [-0.3, -0.25) is 4.99 Å². The topological polar surface area (TPSA) is 56.7 Å². The summed E-state index contributed by atoms with van der Waals surface area (Å²) < 4.78 is 0. The number of nitrogens with zero attached hydrogens (tertiary/aromatic N) is 1. The average Bonchev–Trinajstić information content (AvgIpc) is 2.60. The number of nitrogens with one attached hydrogen (secondary N) is 2. The van der Waals surface area contributed by atoms with E-state index in [1.807, 2.05) is 42.5 Å². The normalized spacial score (nSPS) is 12.2. The highest BCUT2D eigenvalue weighted by Crippen LogP contribution is 2.13. The molecule has 0 aliphatic carbocycles. The van der Waals surface area contributed by atoms with Crippen molar-refractivity contribution in [1.82, 2.24) is 10.6 Å². The van der Waals surface area contributed by atoms with Gasteiger partial charge in [0.05, 0.1) is 6.61 Å². The second-order valence-corrected chi connectivity index (χ2v) is 5.52. The fourth-order valence-electron chi connectivity index (χ4n) is 2.44. The van der Waals surface area contributed by atoms with E-state index in [0.29, 0.717) is 6.54 Å². The van der Waals surface area contributed by atoms with Crippen LogP contribution in [0.5, 0.6) is 0 Å². The number of halogens is 1. The van der Waals surface area contributed by atoms with Crippen molar-refractivity contribution < 1.29 is 5.11 Å². The lowest BCUT2D eigenvalue weighted by atomic mass is 10.0. The SMILES string of the molecule is CN=C(NCc1ccccc1C)NCC(CO)c1ccccc1.I. The van der Waals surface area contributed by atoms with Crippen molar-refractivity contribution in [3.05, 3.63) is 71.3 Å². The molecular formula is C19H26IN3O. The minimum Gasteiger partial charge on any atom is -0.396 e. The Kier molecular flexibility index (Phi) is 9.41. The number of rotatable bonds is 6. The van der Waals surface area contributed by atoms with Crippen LogP contribution in [0.2, 0.25) is 0 Å². The maximum Gasteiger partial charge on any atom is 0.191 e. The summed E-state index contributed by atoms with van der Waals surface area (Å²) in [7, 11) is 1.75. The lowest BCUT2D eigenvalue weighted by Gasteiger charge is -2.18. The Morgan fingerprint density at radius 2 is 1.71 bits per heavy atom. The average molecular weight is 439 g/mol. The Balaban J connectivity index is 0.00000288. The van der Waals surface area contributed by atoms with Crippen LogP contribution in [0.15, 0.2) is 59.6 Å². The Bertz CT molecular complexity index is 632. The Hall–Kier alpha value is -1.60. The first-order chi connectivity index (χ1) is 11.2. The van der Waals surface area contributed by atoms with Gasteiger partial charge in [-0.2, -0.15) is 0 Å². The molecule has 0 fully saturated rings. The number of aliphatic hydroxyl groups excluding tert-OH is 1. The summed E-state index contributed by atoms with van der Waals surface area (Å²) >= 11 is 0. The Labute approximate surface area is 161 Å². The molecule has 0 radical (unpaired) electrons.